The van der Waals surface area contributed by atoms with Crippen LogP contribution in [0.3, 0.4) is 0 Å². The van der Waals surface area contributed by atoms with Crippen LogP contribution >= 0.6 is 22.6 Å². The second-order valence-electron chi connectivity index (χ2n) is 2.44. The molecule has 3 nitrogen and oxygen atoms in total. The van der Waals surface area contributed by atoms with Crippen molar-refractivity contribution in [3.8, 4) is 0 Å². The number of rotatable bonds is 1. The van der Waals surface area contributed by atoms with Gasteiger partial charge in [-0.05, 0) is 47.2 Å². The summed E-state index contributed by atoms with van der Waals surface area (Å²) in [7, 11) is 0. The normalized spacial score (nSPS) is 9.83. The van der Waals surface area contributed by atoms with E-state index < -0.39 is 5.97 Å². The van der Waals surface area contributed by atoms with Crippen LogP contribution < -0.4 is 5.73 Å². The van der Waals surface area contributed by atoms with Crippen LogP contribution in [0.4, 0.5) is 5.69 Å². The highest BCUT2D eigenvalue weighted by Crippen LogP contribution is 2.22. The monoisotopic (exact) mass is 277 g/mol. The maximum atomic E-state index is 10.6. The molecule has 12 heavy (non-hydrogen) atoms. The maximum absolute atomic E-state index is 10.6. The molecule has 64 valence electrons. The Morgan fingerprint density at radius 3 is 2.67 bits per heavy atom. The molecule has 0 saturated carbocycles. The van der Waals surface area contributed by atoms with E-state index in [0.717, 1.165) is 9.13 Å². The summed E-state index contributed by atoms with van der Waals surface area (Å²) in [5.74, 6) is -0.980. The van der Waals surface area contributed by atoms with Gasteiger partial charge in [-0.1, -0.05) is 0 Å². The number of hydrogen-bond acceptors (Lipinski definition) is 2. The molecule has 0 heterocycles. The number of nitrogens with two attached hydrogens (primary N) is 1. The molecule has 0 aliphatic heterocycles. The highest BCUT2D eigenvalue weighted by molar-refractivity contribution is 14.1. The van der Waals surface area contributed by atoms with Gasteiger partial charge in [-0.2, -0.15) is 0 Å². The Balaban J connectivity index is 3.36. The fourth-order valence-electron chi connectivity index (χ4n) is 0.888. The standard InChI is InChI=1S/C8H8INO2/c1-4-6(9)3-2-5(7(4)10)8(11)12/h2-3H,10H2,1H3,(H,11,12). The van der Waals surface area contributed by atoms with Crippen molar-refractivity contribution in [2.24, 2.45) is 0 Å². The maximum Gasteiger partial charge on any atom is 0.337 e. The second kappa shape index (κ2) is 3.30. The van der Waals surface area contributed by atoms with E-state index >= 15 is 0 Å². The Morgan fingerprint density at radius 2 is 2.17 bits per heavy atom. The van der Waals surface area contributed by atoms with Crippen LogP contribution in [0.2, 0.25) is 0 Å². The molecular weight excluding hydrogens is 269 g/mol. The van der Waals surface area contributed by atoms with Gasteiger partial charge in [0.05, 0.1) is 11.3 Å². The van der Waals surface area contributed by atoms with Gasteiger partial charge in [0.1, 0.15) is 0 Å². The number of aromatic carboxylic acids is 1. The largest absolute Gasteiger partial charge is 0.478 e. The molecule has 4 heteroatoms. The van der Waals surface area contributed by atoms with Gasteiger partial charge in [-0.15, -0.1) is 0 Å². The lowest BCUT2D eigenvalue weighted by Crippen LogP contribution is -2.04. The fourth-order valence-corrected chi connectivity index (χ4v) is 1.36. The van der Waals surface area contributed by atoms with E-state index in [4.69, 9.17) is 10.8 Å². The van der Waals surface area contributed by atoms with Crippen LogP contribution in [0, 0.1) is 10.5 Å². The Labute approximate surface area is 83.7 Å². The summed E-state index contributed by atoms with van der Waals surface area (Å²) < 4.78 is 0.982. The Hall–Kier alpha value is -0.780. The topological polar surface area (TPSA) is 63.3 Å². The summed E-state index contributed by atoms with van der Waals surface area (Å²) in [5.41, 5.74) is 6.96. The molecule has 0 aromatic heterocycles. The number of carboxylic acid groups (broad SMARTS) is 1. The van der Waals surface area contributed by atoms with Gasteiger partial charge < -0.3 is 10.8 Å². The predicted octanol–water partition coefficient (Wildman–Crippen LogP) is 1.88. The van der Waals surface area contributed by atoms with Crippen LogP contribution in [-0.2, 0) is 0 Å². The van der Waals surface area contributed by atoms with Crippen molar-refractivity contribution in [2.45, 2.75) is 6.92 Å². The second-order valence-corrected chi connectivity index (χ2v) is 3.60. The number of anilines is 1. The first-order valence-corrected chi connectivity index (χ1v) is 4.39. The van der Waals surface area contributed by atoms with Gasteiger partial charge in [0.15, 0.2) is 0 Å². The fraction of sp³-hybridized carbons (Fsp3) is 0.125. The molecule has 0 atom stereocenters. The highest BCUT2D eigenvalue weighted by atomic mass is 127. The van der Waals surface area contributed by atoms with Crippen LogP contribution in [0.15, 0.2) is 12.1 Å². The van der Waals surface area contributed by atoms with Gasteiger partial charge in [0.25, 0.3) is 0 Å². The summed E-state index contributed by atoms with van der Waals surface area (Å²) in [4.78, 5) is 10.6. The number of carboxylic acids is 1. The lowest BCUT2D eigenvalue weighted by Gasteiger charge is -2.05. The van der Waals surface area contributed by atoms with Crippen molar-refractivity contribution in [2.75, 3.05) is 5.73 Å². The van der Waals surface area contributed by atoms with Crippen molar-refractivity contribution in [3.63, 3.8) is 0 Å². The predicted molar refractivity (Wildman–Crippen MR) is 55.3 cm³/mol. The molecule has 0 bridgehead atoms. The van der Waals surface area contributed by atoms with Crippen LogP contribution in [0.5, 0.6) is 0 Å². The summed E-state index contributed by atoms with van der Waals surface area (Å²) >= 11 is 2.12. The molecule has 0 amide bonds. The summed E-state index contributed by atoms with van der Waals surface area (Å²) in [6.07, 6.45) is 0. The number of benzene rings is 1. The van der Waals surface area contributed by atoms with Crippen molar-refractivity contribution in [1.82, 2.24) is 0 Å². The average Bonchev–Trinajstić information content (AvgIpc) is 2.00. The zero-order valence-electron chi connectivity index (χ0n) is 6.47. The van der Waals surface area contributed by atoms with E-state index in [0.29, 0.717) is 5.69 Å². The van der Waals surface area contributed by atoms with E-state index in [1.807, 2.05) is 6.92 Å². The van der Waals surface area contributed by atoms with Gasteiger partial charge in [0.2, 0.25) is 0 Å². The molecule has 0 unspecified atom stereocenters. The number of nitrogen functional groups attached to an aromatic ring is 1. The molecule has 3 N–H and O–H groups in total. The molecule has 0 aliphatic rings. The third kappa shape index (κ3) is 1.52. The van der Waals surface area contributed by atoms with E-state index in [9.17, 15) is 4.79 Å². The smallest absolute Gasteiger partial charge is 0.337 e. The Morgan fingerprint density at radius 1 is 1.58 bits per heavy atom. The molecule has 1 aromatic rings. The van der Waals surface area contributed by atoms with Crippen LogP contribution in [0.25, 0.3) is 0 Å². The van der Waals surface area contributed by atoms with Gasteiger partial charge in [-0.3, -0.25) is 0 Å². The average molecular weight is 277 g/mol. The zero-order valence-corrected chi connectivity index (χ0v) is 8.62. The number of halogens is 1. The molecule has 1 rings (SSSR count). The summed E-state index contributed by atoms with van der Waals surface area (Å²) in [5, 5.41) is 8.70. The molecule has 0 spiro atoms. The molecule has 0 aliphatic carbocycles. The van der Waals surface area contributed by atoms with Crippen molar-refractivity contribution < 1.29 is 9.90 Å². The van der Waals surface area contributed by atoms with Crippen LogP contribution in [-0.4, -0.2) is 11.1 Å². The van der Waals surface area contributed by atoms with Crippen molar-refractivity contribution >= 4 is 34.2 Å². The molecule has 0 fully saturated rings. The van der Waals surface area contributed by atoms with E-state index in [1.165, 1.54) is 6.07 Å². The number of hydrogen-bond donors (Lipinski definition) is 2. The lowest BCUT2D eigenvalue weighted by molar-refractivity contribution is 0.0698. The molecule has 1 aromatic carbocycles. The summed E-state index contributed by atoms with van der Waals surface area (Å²) in [6.45, 7) is 1.81. The van der Waals surface area contributed by atoms with Gasteiger partial charge in [-0.25, -0.2) is 4.79 Å². The molecule has 0 saturated heterocycles. The van der Waals surface area contributed by atoms with E-state index in [1.54, 1.807) is 6.07 Å². The minimum absolute atomic E-state index is 0.174. The lowest BCUT2D eigenvalue weighted by atomic mass is 10.1. The molecule has 0 radical (unpaired) electrons. The minimum atomic E-state index is -0.980. The van der Waals surface area contributed by atoms with Gasteiger partial charge >= 0.3 is 5.97 Å². The molecular formula is C8H8INO2. The minimum Gasteiger partial charge on any atom is -0.478 e. The summed E-state index contributed by atoms with van der Waals surface area (Å²) in [6, 6.07) is 3.27. The van der Waals surface area contributed by atoms with Crippen LogP contribution in [0.1, 0.15) is 15.9 Å². The first kappa shape index (κ1) is 9.31. The van der Waals surface area contributed by atoms with Gasteiger partial charge in [0, 0.05) is 3.57 Å². The number of carbonyl (C=O) groups is 1. The Kier molecular flexibility index (Phi) is 2.56. The highest BCUT2D eigenvalue weighted by Gasteiger charge is 2.10. The quantitative estimate of drug-likeness (QED) is 0.608. The first-order valence-electron chi connectivity index (χ1n) is 3.32. The van der Waals surface area contributed by atoms with Crippen molar-refractivity contribution in [1.29, 1.82) is 0 Å². The van der Waals surface area contributed by atoms with Crippen molar-refractivity contribution in [3.05, 3.63) is 26.8 Å². The third-order valence-corrected chi connectivity index (χ3v) is 2.85. The zero-order chi connectivity index (χ0) is 9.30. The van der Waals surface area contributed by atoms with E-state index in [-0.39, 0.29) is 5.56 Å². The first-order chi connectivity index (χ1) is 5.54. The third-order valence-electron chi connectivity index (χ3n) is 1.68. The SMILES string of the molecule is Cc1c(I)ccc(C(=O)O)c1N. The van der Waals surface area contributed by atoms with E-state index in [2.05, 4.69) is 22.6 Å². The Bertz CT molecular complexity index is 336.